The molecule has 0 aliphatic heterocycles. The first-order valence-electron chi connectivity index (χ1n) is 7.38. The molecule has 3 aromatic rings. The average molecular weight is 398 g/mol. The molecule has 10 heteroatoms. The van der Waals surface area contributed by atoms with E-state index in [1.165, 1.54) is 29.5 Å². The van der Waals surface area contributed by atoms with Gasteiger partial charge in [0.15, 0.2) is 11.0 Å². The number of para-hydroxylation sites is 1. The second kappa shape index (κ2) is 7.50. The number of nitrogens with zero attached hydrogens (tertiary/aromatic N) is 3. The molecule has 0 fully saturated rings. The molecule has 1 aromatic carbocycles. The summed E-state index contributed by atoms with van der Waals surface area (Å²) in [6.07, 6.45) is -4.53. The molecule has 0 aliphatic rings. The van der Waals surface area contributed by atoms with Crippen LogP contribution in [0.1, 0.15) is 5.56 Å². The molecule has 1 N–H and O–H groups in total. The minimum Gasteiger partial charge on any atom is -0.325 e. The van der Waals surface area contributed by atoms with E-state index in [0.29, 0.717) is 11.0 Å². The standard InChI is InChI=1S/C16H13F3N4OS2/c1-23-14(12-7-4-8-25-12)21-22-15(23)26-9-13(24)20-11-6-3-2-5-10(11)16(17,18)19/h2-8H,9H2,1H3,(H,20,24). The number of rotatable bonds is 5. The van der Waals surface area contributed by atoms with Gasteiger partial charge in [-0.2, -0.15) is 13.2 Å². The Morgan fingerprint density at radius 3 is 2.69 bits per heavy atom. The summed E-state index contributed by atoms with van der Waals surface area (Å²) in [6.45, 7) is 0. The van der Waals surface area contributed by atoms with Crippen LogP contribution in [0.25, 0.3) is 10.7 Å². The van der Waals surface area contributed by atoms with Crippen LogP contribution in [0.5, 0.6) is 0 Å². The van der Waals surface area contributed by atoms with E-state index in [1.807, 2.05) is 17.5 Å². The van der Waals surface area contributed by atoms with E-state index in [9.17, 15) is 18.0 Å². The molecule has 0 saturated carbocycles. The Bertz CT molecular complexity index is 907. The number of hydrogen-bond donors (Lipinski definition) is 1. The van der Waals surface area contributed by atoms with Gasteiger partial charge in [0.2, 0.25) is 5.91 Å². The van der Waals surface area contributed by atoms with Crippen LogP contribution in [0.3, 0.4) is 0 Å². The number of thioether (sulfide) groups is 1. The van der Waals surface area contributed by atoms with E-state index in [0.717, 1.165) is 22.7 Å². The number of hydrogen-bond acceptors (Lipinski definition) is 5. The van der Waals surface area contributed by atoms with Crippen LogP contribution in [0.2, 0.25) is 0 Å². The van der Waals surface area contributed by atoms with E-state index in [2.05, 4.69) is 15.5 Å². The SMILES string of the molecule is Cn1c(SCC(=O)Nc2ccccc2C(F)(F)F)nnc1-c1cccs1. The fraction of sp³-hybridized carbons (Fsp3) is 0.188. The predicted molar refractivity (Wildman–Crippen MR) is 95.1 cm³/mol. The molecule has 3 rings (SSSR count). The fourth-order valence-electron chi connectivity index (χ4n) is 2.22. The maximum atomic E-state index is 13.0. The number of nitrogens with one attached hydrogen (secondary N) is 1. The van der Waals surface area contributed by atoms with Crippen molar-refractivity contribution in [3.63, 3.8) is 0 Å². The molecule has 2 aromatic heterocycles. The molecule has 1 amide bonds. The largest absolute Gasteiger partial charge is 0.418 e. The summed E-state index contributed by atoms with van der Waals surface area (Å²) in [4.78, 5) is 13.0. The van der Waals surface area contributed by atoms with Gasteiger partial charge in [-0.3, -0.25) is 4.79 Å². The third-order valence-corrected chi connectivity index (χ3v) is 5.30. The monoisotopic (exact) mass is 398 g/mol. The summed E-state index contributed by atoms with van der Waals surface area (Å²) in [5.74, 6) is 0.0421. The molecule has 0 spiro atoms. The number of halogens is 3. The number of amides is 1. The van der Waals surface area contributed by atoms with Crippen molar-refractivity contribution in [1.29, 1.82) is 0 Å². The lowest BCUT2D eigenvalue weighted by Crippen LogP contribution is -2.18. The lowest BCUT2D eigenvalue weighted by atomic mass is 10.1. The van der Waals surface area contributed by atoms with E-state index in [-0.39, 0.29) is 11.4 Å². The topological polar surface area (TPSA) is 59.8 Å². The van der Waals surface area contributed by atoms with Gasteiger partial charge in [0.1, 0.15) is 0 Å². The summed E-state index contributed by atoms with van der Waals surface area (Å²) < 4.78 is 40.6. The first kappa shape index (κ1) is 18.5. The molecule has 0 aliphatic carbocycles. The first-order valence-corrected chi connectivity index (χ1v) is 9.25. The molecule has 26 heavy (non-hydrogen) atoms. The van der Waals surface area contributed by atoms with Gasteiger partial charge < -0.3 is 9.88 Å². The fourth-order valence-corrected chi connectivity index (χ4v) is 3.67. The van der Waals surface area contributed by atoms with Crippen LogP contribution < -0.4 is 5.32 Å². The molecular formula is C16H13F3N4OS2. The van der Waals surface area contributed by atoms with Gasteiger partial charge in [-0.05, 0) is 23.6 Å². The van der Waals surface area contributed by atoms with Crippen LogP contribution in [0, 0.1) is 0 Å². The lowest BCUT2D eigenvalue weighted by Gasteiger charge is -2.13. The van der Waals surface area contributed by atoms with E-state index in [4.69, 9.17) is 0 Å². The molecule has 0 unspecified atom stereocenters. The first-order chi connectivity index (χ1) is 12.4. The number of anilines is 1. The lowest BCUT2D eigenvalue weighted by molar-refractivity contribution is -0.137. The summed E-state index contributed by atoms with van der Waals surface area (Å²) in [6, 6.07) is 8.67. The van der Waals surface area contributed by atoms with Gasteiger partial charge in [-0.25, -0.2) is 0 Å². The minimum atomic E-state index is -4.53. The minimum absolute atomic E-state index is 0.0807. The van der Waals surface area contributed by atoms with Crippen molar-refractivity contribution >= 4 is 34.7 Å². The zero-order valence-corrected chi connectivity index (χ0v) is 15.1. The zero-order chi connectivity index (χ0) is 18.7. The highest BCUT2D eigenvalue weighted by Gasteiger charge is 2.33. The van der Waals surface area contributed by atoms with Gasteiger partial charge in [0.25, 0.3) is 0 Å². The number of alkyl halides is 3. The van der Waals surface area contributed by atoms with Crippen molar-refractivity contribution < 1.29 is 18.0 Å². The Kier molecular flexibility index (Phi) is 5.33. The molecule has 0 bridgehead atoms. The number of carbonyl (C=O) groups excluding carboxylic acids is 1. The van der Waals surface area contributed by atoms with Crippen LogP contribution in [0.4, 0.5) is 18.9 Å². The van der Waals surface area contributed by atoms with Gasteiger partial charge in [-0.1, -0.05) is 30.0 Å². The maximum Gasteiger partial charge on any atom is 0.418 e. The Labute approximate surface area is 155 Å². The van der Waals surface area contributed by atoms with Gasteiger partial charge >= 0.3 is 6.18 Å². The van der Waals surface area contributed by atoms with Gasteiger partial charge in [0, 0.05) is 7.05 Å². The molecule has 0 atom stereocenters. The van der Waals surface area contributed by atoms with Crippen molar-refractivity contribution in [2.75, 3.05) is 11.1 Å². The highest BCUT2D eigenvalue weighted by molar-refractivity contribution is 7.99. The third-order valence-electron chi connectivity index (χ3n) is 3.42. The zero-order valence-electron chi connectivity index (χ0n) is 13.4. The van der Waals surface area contributed by atoms with Crippen LogP contribution in [-0.2, 0) is 18.0 Å². The molecule has 136 valence electrons. The maximum absolute atomic E-state index is 13.0. The van der Waals surface area contributed by atoms with E-state index in [1.54, 1.807) is 11.6 Å². The highest BCUT2D eigenvalue weighted by atomic mass is 32.2. The van der Waals surface area contributed by atoms with Crippen molar-refractivity contribution in [3.05, 3.63) is 47.3 Å². The molecule has 0 radical (unpaired) electrons. The van der Waals surface area contributed by atoms with Crippen LogP contribution in [0.15, 0.2) is 46.9 Å². The Morgan fingerprint density at radius 1 is 1.23 bits per heavy atom. The van der Waals surface area contributed by atoms with Crippen molar-refractivity contribution in [3.8, 4) is 10.7 Å². The summed E-state index contributed by atoms with van der Waals surface area (Å²) in [5, 5.41) is 12.9. The normalized spacial score (nSPS) is 11.5. The quantitative estimate of drug-likeness (QED) is 0.652. The Hall–Kier alpha value is -2.33. The molecular weight excluding hydrogens is 385 g/mol. The second-order valence-corrected chi connectivity index (χ2v) is 7.11. The molecule has 5 nitrogen and oxygen atoms in total. The van der Waals surface area contributed by atoms with Crippen LogP contribution >= 0.6 is 23.1 Å². The number of aromatic nitrogens is 3. The summed E-state index contributed by atoms with van der Waals surface area (Å²) in [7, 11) is 1.77. The van der Waals surface area contributed by atoms with Crippen molar-refractivity contribution in [2.45, 2.75) is 11.3 Å². The van der Waals surface area contributed by atoms with Crippen molar-refractivity contribution in [1.82, 2.24) is 14.8 Å². The predicted octanol–water partition coefficient (Wildman–Crippen LogP) is 4.29. The van der Waals surface area contributed by atoms with Gasteiger partial charge in [0.05, 0.1) is 21.9 Å². The highest BCUT2D eigenvalue weighted by Crippen LogP contribution is 2.34. The Morgan fingerprint density at radius 2 is 2.00 bits per heavy atom. The number of thiophene rings is 1. The average Bonchev–Trinajstić information content (AvgIpc) is 3.22. The summed E-state index contributed by atoms with van der Waals surface area (Å²) >= 11 is 2.62. The smallest absolute Gasteiger partial charge is 0.325 e. The number of benzene rings is 1. The van der Waals surface area contributed by atoms with E-state index >= 15 is 0 Å². The van der Waals surface area contributed by atoms with Gasteiger partial charge in [-0.15, -0.1) is 21.5 Å². The molecule has 2 heterocycles. The molecule has 0 saturated heterocycles. The Balaban J connectivity index is 1.66. The third kappa shape index (κ3) is 4.07. The van der Waals surface area contributed by atoms with Crippen molar-refractivity contribution in [2.24, 2.45) is 7.05 Å². The summed E-state index contributed by atoms with van der Waals surface area (Å²) in [5.41, 5.74) is -1.14. The van der Waals surface area contributed by atoms with E-state index < -0.39 is 17.6 Å². The number of carbonyl (C=O) groups is 1. The van der Waals surface area contributed by atoms with Crippen LogP contribution in [-0.4, -0.2) is 26.4 Å². The second-order valence-electron chi connectivity index (χ2n) is 5.22.